The van der Waals surface area contributed by atoms with Crippen molar-refractivity contribution in [3.05, 3.63) is 53.6 Å². The van der Waals surface area contributed by atoms with E-state index < -0.39 is 6.04 Å². The number of imide groups is 1. The van der Waals surface area contributed by atoms with Crippen LogP contribution in [0, 0.1) is 13.8 Å². The maximum absolute atomic E-state index is 12.9. The van der Waals surface area contributed by atoms with E-state index in [1.165, 1.54) is 4.90 Å². The van der Waals surface area contributed by atoms with Crippen LogP contribution in [-0.2, 0) is 14.3 Å². The van der Waals surface area contributed by atoms with Gasteiger partial charge in [-0.15, -0.1) is 0 Å². The number of nitrogens with zero attached hydrogens (tertiary/aromatic N) is 2. The van der Waals surface area contributed by atoms with E-state index in [2.05, 4.69) is 10.2 Å². The van der Waals surface area contributed by atoms with Gasteiger partial charge in [0.15, 0.2) is 0 Å². The molecule has 2 aliphatic heterocycles. The monoisotopic (exact) mass is 379 g/mol. The van der Waals surface area contributed by atoms with Crippen LogP contribution in [0.2, 0.25) is 0 Å². The van der Waals surface area contributed by atoms with Gasteiger partial charge in [-0.05, 0) is 55.3 Å². The van der Waals surface area contributed by atoms with Gasteiger partial charge in [-0.3, -0.25) is 9.59 Å². The van der Waals surface area contributed by atoms with Gasteiger partial charge in [0.2, 0.25) is 5.91 Å². The average Bonchev–Trinajstić information content (AvgIpc) is 2.98. The molecule has 0 spiro atoms. The minimum Gasteiger partial charge on any atom is -0.378 e. The first-order valence-electron chi connectivity index (χ1n) is 9.67. The van der Waals surface area contributed by atoms with E-state index in [9.17, 15) is 9.59 Å². The van der Waals surface area contributed by atoms with E-state index >= 15 is 0 Å². The highest BCUT2D eigenvalue weighted by Crippen LogP contribution is 2.29. The van der Waals surface area contributed by atoms with Gasteiger partial charge in [0.05, 0.1) is 25.3 Å². The molecule has 0 saturated carbocycles. The number of hydrogen-bond acceptors (Lipinski definition) is 5. The summed E-state index contributed by atoms with van der Waals surface area (Å²) in [6, 6.07) is 13.2. The van der Waals surface area contributed by atoms with Gasteiger partial charge < -0.3 is 15.0 Å². The number of morpholine rings is 1. The molecular weight excluding hydrogens is 354 g/mol. The van der Waals surface area contributed by atoms with Crippen molar-refractivity contribution in [2.75, 3.05) is 41.4 Å². The fourth-order valence-corrected chi connectivity index (χ4v) is 3.77. The third-order valence-electron chi connectivity index (χ3n) is 5.55. The normalized spacial score (nSPS) is 20.0. The third-order valence-corrected chi connectivity index (χ3v) is 5.55. The first kappa shape index (κ1) is 18.5. The predicted molar refractivity (Wildman–Crippen MR) is 110 cm³/mol. The van der Waals surface area contributed by atoms with Gasteiger partial charge in [-0.1, -0.05) is 12.1 Å². The minimum absolute atomic E-state index is 0.164. The highest BCUT2D eigenvalue weighted by atomic mass is 16.5. The molecule has 0 aliphatic carbocycles. The molecule has 1 N–H and O–H groups in total. The standard InChI is InChI=1S/C22H25N3O3/c1-15-4-3-5-20(16(15)2)25-21(26)14-19(22(25)27)23-17-6-8-18(9-7-17)24-10-12-28-13-11-24/h3-9,19,23H,10-14H2,1-2H3. The lowest BCUT2D eigenvalue weighted by Crippen LogP contribution is -2.36. The second-order valence-corrected chi connectivity index (χ2v) is 7.33. The second kappa shape index (κ2) is 7.64. The molecular formula is C22H25N3O3. The van der Waals surface area contributed by atoms with Crippen molar-refractivity contribution in [3.8, 4) is 0 Å². The summed E-state index contributed by atoms with van der Waals surface area (Å²) in [4.78, 5) is 29.1. The number of carbonyl (C=O) groups excluding carboxylic acids is 2. The molecule has 1 atom stereocenters. The van der Waals surface area contributed by atoms with Crippen LogP contribution in [0.25, 0.3) is 0 Å². The topological polar surface area (TPSA) is 61.9 Å². The van der Waals surface area contributed by atoms with Crippen LogP contribution in [0.3, 0.4) is 0 Å². The molecule has 2 saturated heterocycles. The molecule has 2 fully saturated rings. The van der Waals surface area contributed by atoms with Crippen LogP contribution in [0.15, 0.2) is 42.5 Å². The molecule has 6 heteroatoms. The number of carbonyl (C=O) groups is 2. The number of hydrogen-bond donors (Lipinski definition) is 1. The Bertz CT molecular complexity index is 888. The van der Waals surface area contributed by atoms with Crippen LogP contribution in [0.1, 0.15) is 17.5 Å². The van der Waals surface area contributed by atoms with Crippen molar-refractivity contribution in [3.63, 3.8) is 0 Å². The summed E-state index contributed by atoms with van der Waals surface area (Å²) in [7, 11) is 0. The van der Waals surface area contributed by atoms with Crippen molar-refractivity contribution in [2.24, 2.45) is 0 Å². The molecule has 0 bridgehead atoms. The summed E-state index contributed by atoms with van der Waals surface area (Å²) in [6.45, 7) is 7.17. The number of aryl methyl sites for hydroxylation is 1. The van der Waals surface area contributed by atoms with E-state index in [1.54, 1.807) is 0 Å². The summed E-state index contributed by atoms with van der Waals surface area (Å²) in [5, 5.41) is 3.23. The molecule has 2 amide bonds. The maximum atomic E-state index is 12.9. The summed E-state index contributed by atoms with van der Waals surface area (Å²) < 4.78 is 5.39. The van der Waals surface area contributed by atoms with Crippen molar-refractivity contribution >= 4 is 28.9 Å². The predicted octanol–water partition coefficient (Wildman–Crippen LogP) is 2.88. The summed E-state index contributed by atoms with van der Waals surface area (Å²) >= 11 is 0. The number of benzene rings is 2. The van der Waals surface area contributed by atoms with Gasteiger partial charge in [-0.25, -0.2) is 4.90 Å². The van der Waals surface area contributed by atoms with Crippen LogP contribution in [0.4, 0.5) is 17.1 Å². The Labute approximate surface area is 165 Å². The van der Waals surface area contributed by atoms with Gasteiger partial charge in [0.25, 0.3) is 5.91 Å². The molecule has 2 heterocycles. The molecule has 2 aromatic carbocycles. The van der Waals surface area contributed by atoms with Crippen molar-refractivity contribution in [2.45, 2.75) is 26.3 Å². The van der Waals surface area contributed by atoms with E-state index in [1.807, 2.05) is 56.3 Å². The highest BCUT2D eigenvalue weighted by Gasteiger charge is 2.40. The maximum Gasteiger partial charge on any atom is 0.256 e. The number of anilines is 3. The first-order valence-corrected chi connectivity index (χ1v) is 9.67. The van der Waals surface area contributed by atoms with Crippen LogP contribution < -0.4 is 15.1 Å². The Morgan fingerprint density at radius 1 is 1.00 bits per heavy atom. The van der Waals surface area contributed by atoms with E-state index in [-0.39, 0.29) is 18.2 Å². The Kier molecular flexibility index (Phi) is 5.05. The van der Waals surface area contributed by atoms with Crippen molar-refractivity contribution < 1.29 is 14.3 Å². The van der Waals surface area contributed by atoms with Gasteiger partial charge in [0, 0.05) is 24.5 Å². The number of nitrogens with one attached hydrogen (secondary N) is 1. The van der Waals surface area contributed by atoms with Gasteiger partial charge in [-0.2, -0.15) is 0 Å². The lowest BCUT2D eigenvalue weighted by molar-refractivity contribution is -0.121. The highest BCUT2D eigenvalue weighted by molar-refractivity contribution is 6.23. The molecule has 2 aromatic rings. The third kappa shape index (κ3) is 3.47. The first-order chi connectivity index (χ1) is 13.5. The van der Waals surface area contributed by atoms with Crippen LogP contribution in [0.5, 0.6) is 0 Å². The molecule has 4 rings (SSSR count). The number of rotatable bonds is 4. The van der Waals surface area contributed by atoms with Gasteiger partial charge in [0.1, 0.15) is 6.04 Å². The molecule has 146 valence electrons. The fraction of sp³-hybridized carbons (Fsp3) is 0.364. The van der Waals surface area contributed by atoms with Gasteiger partial charge >= 0.3 is 0 Å². The largest absolute Gasteiger partial charge is 0.378 e. The lowest BCUT2D eigenvalue weighted by Gasteiger charge is -2.29. The zero-order valence-electron chi connectivity index (χ0n) is 16.3. The number of amides is 2. The molecule has 0 radical (unpaired) electrons. The Balaban J connectivity index is 1.47. The summed E-state index contributed by atoms with van der Waals surface area (Å²) in [5.74, 6) is -0.364. The lowest BCUT2D eigenvalue weighted by atomic mass is 10.1. The molecule has 1 unspecified atom stereocenters. The Morgan fingerprint density at radius 2 is 1.71 bits per heavy atom. The van der Waals surface area contributed by atoms with Crippen LogP contribution in [-0.4, -0.2) is 44.2 Å². The summed E-state index contributed by atoms with van der Waals surface area (Å²) in [6.07, 6.45) is 0.164. The fourth-order valence-electron chi connectivity index (χ4n) is 3.77. The van der Waals surface area contributed by atoms with E-state index in [4.69, 9.17) is 4.74 Å². The van der Waals surface area contributed by atoms with Crippen LogP contribution >= 0.6 is 0 Å². The average molecular weight is 379 g/mol. The number of ether oxygens (including phenoxy) is 1. The molecule has 2 aliphatic rings. The quantitative estimate of drug-likeness (QED) is 0.828. The van der Waals surface area contributed by atoms with Crippen molar-refractivity contribution in [1.82, 2.24) is 0 Å². The SMILES string of the molecule is Cc1cccc(N2C(=O)CC(Nc3ccc(N4CCOCC4)cc3)C2=O)c1C. The molecule has 28 heavy (non-hydrogen) atoms. The zero-order valence-corrected chi connectivity index (χ0v) is 16.3. The van der Waals surface area contributed by atoms with E-state index in [0.29, 0.717) is 5.69 Å². The smallest absolute Gasteiger partial charge is 0.256 e. The minimum atomic E-state index is -0.540. The second-order valence-electron chi connectivity index (χ2n) is 7.33. The van der Waals surface area contributed by atoms with Crippen molar-refractivity contribution in [1.29, 1.82) is 0 Å². The summed E-state index contributed by atoms with van der Waals surface area (Å²) in [5.41, 5.74) is 4.68. The molecule has 0 aromatic heterocycles. The van der Waals surface area contributed by atoms with E-state index in [0.717, 1.165) is 48.8 Å². The Morgan fingerprint density at radius 3 is 2.43 bits per heavy atom. The zero-order chi connectivity index (χ0) is 19.7. The molecule has 6 nitrogen and oxygen atoms in total. The Hall–Kier alpha value is -2.86.